The van der Waals surface area contributed by atoms with E-state index in [0.717, 1.165) is 63.0 Å². The lowest BCUT2D eigenvalue weighted by atomic mass is 10.1. The first-order valence-corrected chi connectivity index (χ1v) is 11.0. The maximum absolute atomic E-state index is 5.43. The molecule has 0 amide bonds. The van der Waals surface area contributed by atoms with E-state index in [1.165, 1.54) is 5.56 Å². The third-order valence-corrected chi connectivity index (χ3v) is 5.43. The fourth-order valence-electron chi connectivity index (χ4n) is 3.73. The third kappa shape index (κ3) is 7.51. The Morgan fingerprint density at radius 1 is 1.00 bits per heavy atom. The highest BCUT2D eigenvalue weighted by atomic mass is 127. The molecule has 0 spiro atoms. The second kappa shape index (κ2) is 13.0. The summed E-state index contributed by atoms with van der Waals surface area (Å²) in [6, 6.07) is 16.7. The van der Waals surface area contributed by atoms with Gasteiger partial charge in [-0.3, -0.25) is 4.99 Å². The third-order valence-electron chi connectivity index (χ3n) is 5.43. The molecule has 3 heterocycles. The van der Waals surface area contributed by atoms with E-state index in [1.807, 2.05) is 24.3 Å². The molecule has 2 aromatic heterocycles. The van der Waals surface area contributed by atoms with Crippen LogP contribution in [0.4, 0.5) is 5.95 Å². The van der Waals surface area contributed by atoms with Crippen LogP contribution in [-0.4, -0.2) is 48.1 Å². The van der Waals surface area contributed by atoms with Crippen molar-refractivity contribution >= 4 is 35.9 Å². The lowest BCUT2D eigenvalue weighted by molar-refractivity contribution is 0.456. The van der Waals surface area contributed by atoms with Crippen LogP contribution in [0.15, 0.2) is 76.6 Å². The van der Waals surface area contributed by atoms with E-state index < -0.39 is 0 Å². The Labute approximate surface area is 206 Å². The summed E-state index contributed by atoms with van der Waals surface area (Å²) in [6.45, 7) is 3.40. The van der Waals surface area contributed by atoms with Gasteiger partial charge in [0.05, 0.1) is 6.26 Å². The first-order chi connectivity index (χ1) is 15.4. The van der Waals surface area contributed by atoms with Crippen molar-refractivity contribution in [1.29, 1.82) is 0 Å². The lowest BCUT2D eigenvalue weighted by Crippen LogP contribution is -2.49. The first kappa shape index (κ1) is 24.0. The van der Waals surface area contributed by atoms with Crippen LogP contribution >= 0.6 is 24.0 Å². The summed E-state index contributed by atoms with van der Waals surface area (Å²) in [5, 5.41) is 7.14. The van der Waals surface area contributed by atoms with Gasteiger partial charge in [0, 0.05) is 51.0 Å². The number of nitrogens with one attached hydrogen (secondary N) is 2. The molecule has 0 aliphatic carbocycles. The monoisotopic (exact) mass is 546 g/mol. The second-order valence-electron chi connectivity index (χ2n) is 7.68. The number of guanidine groups is 1. The molecule has 0 radical (unpaired) electrons. The number of nitrogens with zero attached hydrogens (tertiary/aromatic N) is 4. The molecule has 7 nitrogen and oxygen atoms in total. The zero-order chi connectivity index (χ0) is 21.1. The highest BCUT2D eigenvalue weighted by Gasteiger charge is 2.21. The van der Waals surface area contributed by atoms with Crippen molar-refractivity contribution in [2.75, 3.05) is 31.1 Å². The molecule has 2 N–H and O–H groups in total. The molecule has 0 saturated carbocycles. The van der Waals surface area contributed by atoms with Crippen LogP contribution in [0.1, 0.15) is 24.2 Å². The summed E-state index contributed by atoms with van der Waals surface area (Å²) in [6.07, 6.45) is 9.11. The van der Waals surface area contributed by atoms with Gasteiger partial charge in [0.2, 0.25) is 5.95 Å². The van der Waals surface area contributed by atoms with Crippen molar-refractivity contribution in [2.45, 2.75) is 31.7 Å². The van der Waals surface area contributed by atoms with Crippen LogP contribution in [0.25, 0.3) is 0 Å². The minimum absolute atomic E-state index is 0. The Morgan fingerprint density at radius 2 is 1.78 bits per heavy atom. The number of halogens is 1. The molecule has 170 valence electrons. The van der Waals surface area contributed by atoms with Crippen molar-refractivity contribution in [1.82, 2.24) is 20.6 Å². The standard InChI is InChI=1S/C24H30N6O.HI/c1-2-6-20(7-3-1)9-15-25-23(26-16-10-22-8-4-19-31-22)29-21-11-17-30(18-12-21)24-27-13-5-14-28-24;/h1-8,13-14,19,21H,9-12,15-18H2,(H2,25,26,29);1H. The van der Waals surface area contributed by atoms with E-state index in [2.05, 4.69) is 49.8 Å². The normalized spacial score (nSPS) is 14.6. The van der Waals surface area contributed by atoms with Crippen LogP contribution in [0.2, 0.25) is 0 Å². The summed E-state index contributed by atoms with van der Waals surface area (Å²) < 4.78 is 5.43. The molecule has 1 aromatic carbocycles. The van der Waals surface area contributed by atoms with E-state index >= 15 is 0 Å². The molecule has 32 heavy (non-hydrogen) atoms. The number of anilines is 1. The van der Waals surface area contributed by atoms with Gasteiger partial charge in [-0.25, -0.2) is 9.97 Å². The van der Waals surface area contributed by atoms with E-state index in [0.29, 0.717) is 12.6 Å². The lowest BCUT2D eigenvalue weighted by Gasteiger charge is -2.33. The topological polar surface area (TPSA) is 78.6 Å². The summed E-state index contributed by atoms with van der Waals surface area (Å²) >= 11 is 0. The van der Waals surface area contributed by atoms with Crippen molar-refractivity contribution in [3.8, 4) is 0 Å². The molecule has 4 rings (SSSR count). The van der Waals surface area contributed by atoms with Crippen LogP contribution in [-0.2, 0) is 12.8 Å². The van der Waals surface area contributed by atoms with Gasteiger partial charge >= 0.3 is 0 Å². The van der Waals surface area contributed by atoms with E-state index in [4.69, 9.17) is 9.41 Å². The number of piperidine rings is 1. The van der Waals surface area contributed by atoms with Gasteiger partial charge in [-0.1, -0.05) is 30.3 Å². The zero-order valence-electron chi connectivity index (χ0n) is 18.2. The number of rotatable bonds is 8. The molecular formula is C24H31IN6O. The smallest absolute Gasteiger partial charge is 0.225 e. The largest absolute Gasteiger partial charge is 0.469 e. The Hall–Kier alpha value is -2.62. The molecule has 0 bridgehead atoms. The highest BCUT2D eigenvalue weighted by molar-refractivity contribution is 14.0. The van der Waals surface area contributed by atoms with Crippen molar-refractivity contribution in [2.24, 2.45) is 4.99 Å². The average molecular weight is 546 g/mol. The van der Waals surface area contributed by atoms with Crippen LogP contribution in [0.3, 0.4) is 0 Å². The maximum Gasteiger partial charge on any atom is 0.225 e. The van der Waals surface area contributed by atoms with Crippen LogP contribution in [0, 0.1) is 0 Å². The molecule has 0 atom stereocenters. The number of hydrogen-bond donors (Lipinski definition) is 2. The zero-order valence-corrected chi connectivity index (χ0v) is 20.5. The molecular weight excluding hydrogens is 515 g/mol. The number of benzene rings is 1. The van der Waals surface area contributed by atoms with Gasteiger partial charge in [0.25, 0.3) is 0 Å². The summed E-state index contributed by atoms with van der Waals surface area (Å²) in [5.41, 5.74) is 1.32. The molecule has 3 aromatic rings. The Morgan fingerprint density at radius 3 is 2.50 bits per heavy atom. The highest BCUT2D eigenvalue weighted by Crippen LogP contribution is 2.15. The molecule has 1 fully saturated rings. The van der Waals surface area contributed by atoms with Gasteiger partial charge in [-0.05, 0) is 43.0 Å². The van der Waals surface area contributed by atoms with Crippen molar-refractivity contribution < 1.29 is 4.42 Å². The van der Waals surface area contributed by atoms with Gasteiger partial charge in [0.15, 0.2) is 5.96 Å². The van der Waals surface area contributed by atoms with Crippen LogP contribution < -0.4 is 15.5 Å². The van der Waals surface area contributed by atoms with Crippen molar-refractivity contribution in [3.63, 3.8) is 0 Å². The van der Waals surface area contributed by atoms with E-state index in [-0.39, 0.29) is 24.0 Å². The number of aromatic nitrogens is 2. The van der Waals surface area contributed by atoms with Gasteiger partial charge in [-0.15, -0.1) is 24.0 Å². The summed E-state index contributed by atoms with van der Waals surface area (Å²) in [7, 11) is 0. The fourth-order valence-corrected chi connectivity index (χ4v) is 3.73. The molecule has 8 heteroatoms. The molecule has 1 saturated heterocycles. The minimum atomic E-state index is 0. The van der Waals surface area contributed by atoms with E-state index in [9.17, 15) is 0 Å². The number of aliphatic imine (C=N–C) groups is 1. The SMILES string of the molecule is I.c1ccc(CCNC(=NCCc2ccco2)NC2CCN(c3ncccn3)CC2)cc1. The predicted octanol–water partition coefficient (Wildman–Crippen LogP) is 3.68. The molecule has 0 unspecified atom stereocenters. The minimum Gasteiger partial charge on any atom is -0.469 e. The molecule has 1 aliphatic heterocycles. The summed E-state index contributed by atoms with van der Waals surface area (Å²) in [5.74, 6) is 2.65. The van der Waals surface area contributed by atoms with Crippen molar-refractivity contribution in [3.05, 3.63) is 78.5 Å². The first-order valence-electron chi connectivity index (χ1n) is 11.0. The fraction of sp³-hybridized carbons (Fsp3) is 0.375. The Balaban J connectivity index is 0.00000289. The number of furan rings is 1. The van der Waals surface area contributed by atoms with Gasteiger partial charge in [0.1, 0.15) is 5.76 Å². The Bertz CT molecular complexity index is 912. The van der Waals surface area contributed by atoms with Gasteiger partial charge < -0.3 is 20.0 Å². The Kier molecular flexibility index (Phi) is 9.80. The quantitative estimate of drug-likeness (QED) is 0.255. The number of hydrogen-bond acceptors (Lipinski definition) is 5. The van der Waals surface area contributed by atoms with Gasteiger partial charge in [-0.2, -0.15) is 0 Å². The van der Waals surface area contributed by atoms with E-state index in [1.54, 1.807) is 18.7 Å². The maximum atomic E-state index is 5.43. The van der Waals surface area contributed by atoms with Crippen LogP contribution in [0.5, 0.6) is 0 Å². The summed E-state index contributed by atoms with van der Waals surface area (Å²) in [4.78, 5) is 15.8. The molecule has 1 aliphatic rings. The second-order valence-corrected chi connectivity index (χ2v) is 7.68. The average Bonchev–Trinajstić information content (AvgIpc) is 3.34. The predicted molar refractivity (Wildman–Crippen MR) is 139 cm³/mol.